The van der Waals surface area contributed by atoms with Crippen molar-refractivity contribution in [3.8, 4) is 11.6 Å². The van der Waals surface area contributed by atoms with E-state index in [2.05, 4.69) is 5.10 Å². The highest BCUT2D eigenvalue weighted by molar-refractivity contribution is 6.42. The lowest BCUT2D eigenvalue weighted by Gasteiger charge is -2.10. The molecule has 0 bridgehead atoms. The summed E-state index contributed by atoms with van der Waals surface area (Å²) < 4.78 is 38.3. The van der Waals surface area contributed by atoms with Crippen molar-refractivity contribution in [3.05, 3.63) is 50.2 Å². The van der Waals surface area contributed by atoms with Crippen molar-refractivity contribution >= 4 is 23.2 Å². The van der Waals surface area contributed by atoms with Gasteiger partial charge >= 0.3 is 6.18 Å². The van der Waals surface area contributed by atoms with Crippen molar-refractivity contribution < 1.29 is 18.3 Å². The van der Waals surface area contributed by atoms with Gasteiger partial charge in [-0.15, -0.1) is 5.10 Å². The number of rotatable bonds is 1. The maximum absolute atomic E-state index is 12.6. The lowest BCUT2D eigenvalue weighted by molar-refractivity contribution is -0.137. The molecule has 2 rings (SSSR count). The first kappa shape index (κ1) is 14.7. The van der Waals surface area contributed by atoms with E-state index in [4.69, 9.17) is 23.2 Å². The zero-order valence-corrected chi connectivity index (χ0v) is 11.0. The predicted octanol–water partition coefficient (Wildman–Crippen LogP) is 3.26. The first-order chi connectivity index (χ1) is 9.21. The van der Waals surface area contributed by atoms with E-state index < -0.39 is 33.2 Å². The molecule has 0 spiro atoms. The second-order valence-corrected chi connectivity index (χ2v) is 4.47. The van der Waals surface area contributed by atoms with Crippen LogP contribution in [-0.4, -0.2) is 14.9 Å². The van der Waals surface area contributed by atoms with Crippen LogP contribution in [0.4, 0.5) is 13.2 Å². The molecule has 106 valence electrons. The quantitative estimate of drug-likeness (QED) is 0.876. The minimum absolute atomic E-state index is 0.196. The molecule has 0 fully saturated rings. The lowest BCUT2D eigenvalue weighted by Crippen LogP contribution is -2.22. The van der Waals surface area contributed by atoms with Crippen LogP contribution in [0.15, 0.2) is 29.1 Å². The summed E-state index contributed by atoms with van der Waals surface area (Å²) >= 11 is 11.1. The van der Waals surface area contributed by atoms with Crippen LogP contribution in [0.1, 0.15) is 5.56 Å². The summed E-state index contributed by atoms with van der Waals surface area (Å²) in [4.78, 5) is 11.8. The molecule has 0 radical (unpaired) electrons. The number of hydrogen-bond donors (Lipinski definition) is 1. The number of aromatic nitrogens is 2. The summed E-state index contributed by atoms with van der Waals surface area (Å²) in [5.74, 6) is -0.756. The lowest BCUT2D eigenvalue weighted by atomic mass is 10.2. The molecule has 4 nitrogen and oxygen atoms in total. The molecule has 0 aliphatic rings. The molecule has 0 saturated carbocycles. The van der Waals surface area contributed by atoms with Gasteiger partial charge in [0.1, 0.15) is 10.0 Å². The molecule has 20 heavy (non-hydrogen) atoms. The smallest absolute Gasteiger partial charge is 0.416 e. The van der Waals surface area contributed by atoms with E-state index in [1.165, 1.54) is 6.07 Å². The highest BCUT2D eigenvalue weighted by Gasteiger charge is 2.30. The van der Waals surface area contributed by atoms with Gasteiger partial charge < -0.3 is 5.11 Å². The molecule has 0 atom stereocenters. The molecular weight excluding hydrogens is 320 g/mol. The Kier molecular flexibility index (Phi) is 3.66. The van der Waals surface area contributed by atoms with Gasteiger partial charge in [-0.1, -0.05) is 29.3 Å². The Morgan fingerprint density at radius 2 is 1.85 bits per heavy atom. The molecule has 1 N–H and O–H groups in total. The van der Waals surface area contributed by atoms with E-state index in [1.54, 1.807) is 0 Å². The normalized spacial score (nSPS) is 11.7. The summed E-state index contributed by atoms with van der Waals surface area (Å²) in [6.07, 6.45) is -4.57. The standard InChI is InChI=1S/C11H5Cl2F3N2O2/c12-7-8(13)10(20)18(17-9(7)19)6-3-1-2-5(4-6)11(14,15)16/h1-4H,(H,17,19). The van der Waals surface area contributed by atoms with Crippen molar-refractivity contribution in [1.29, 1.82) is 0 Å². The molecule has 1 aromatic heterocycles. The third-order valence-electron chi connectivity index (χ3n) is 2.38. The Labute approximate surface area is 120 Å². The van der Waals surface area contributed by atoms with Gasteiger partial charge in [-0.05, 0) is 18.2 Å². The summed E-state index contributed by atoms with van der Waals surface area (Å²) in [7, 11) is 0. The van der Waals surface area contributed by atoms with E-state index in [1.807, 2.05) is 0 Å². The predicted molar refractivity (Wildman–Crippen MR) is 66.5 cm³/mol. The Balaban J connectivity index is 2.67. The molecule has 1 heterocycles. The Morgan fingerprint density at radius 1 is 1.20 bits per heavy atom. The second kappa shape index (κ2) is 4.99. The van der Waals surface area contributed by atoms with Crippen LogP contribution in [0.3, 0.4) is 0 Å². The van der Waals surface area contributed by atoms with Crippen LogP contribution in [0.5, 0.6) is 5.88 Å². The molecule has 2 aromatic rings. The largest absolute Gasteiger partial charge is 0.491 e. The fraction of sp³-hybridized carbons (Fsp3) is 0.0909. The number of nitrogens with zero attached hydrogens (tertiary/aromatic N) is 2. The van der Waals surface area contributed by atoms with E-state index in [-0.39, 0.29) is 5.69 Å². The van der Waals surface area contributed by atoms with Crippen molar-refractivity contribution in [2.45, 2.75) is 6.18 Å². The minimum Gasteiger partial charge on any atom is -0.491 e. The van der Waals surface area contributed by atoms with Crippen LogP contribution >= 0.6 is 23.2 Å². The number of benzene rings is 1. The molecule has 9 heteroatoms. The van der Waals surface area contributed by atoms with Crippen molar-refractivity contribution in [1.82, 2.24) is 9.78 Å². The Morgan fingerprint density at radius 3 is 2.45 bits per heavy atom. The highest BCUT2D eigenvalue weighted by Crippen LogP contribution is 2.31. The van der Waals surface area contributed by atoms with Crippen molar-refractivity contribution in [3.63, 3.8) is 0 Å². The molecule has 0 saturated heterocycles. The van der Waals surface area contributed by atoms with Crippen molar-refractivity contribution in [2.24, 2.45) is 0 Å². The van der Waals surface area contributed by atoms with Crippen molar-refractivity contribution in [2.75, 3.05) is 0 Å². The van der Waals surface area contributed by atoms with Gasteiger partial charge in [0.15, 0.2) is 0 Å². The van der Waals surface area contributed by atoms with E-state index in [0.717, 1.165) is 12.1 Å². The molecule has 1 aromatic carbocycles. The first-order valence-corrected chi connectivity index (χ1v) is 5.82. The minimum atomic E-state index is -4.57. The summed E-state index contributed by atoms with van der Waals surface area (Å²) in [6.45, 7) is 0. The molecule has 0 aliphatic carbocycles. The monoisotopic (exact) mass is 324 g/mol. The zero-order valence-electron chi connectivity index (χ0n) is 9.45. The number of hydrogen-bond acceptors (Lipinski definition) is 3. The van der Waals surface area contributed by atoms with Gasteiger partial charge in [-0.2, -0.15) is 17.9 Å². The van der Waals surface area contributed by atoms with Crippen LogP contribution in [0.2, 0.25) is 10.0 Å². The maximum Gasteiger partial charge on any atom is 0.416 e. The Bertz CT molecular complexity index is 729. The number of alkyl halides is 3. The first-order valence-electron chi connectivity index (χ1n) is 5.06. The third kappa shape index (κ3) is 2.59. The van der Waals surface area contributed by atoms with Gasteiger partial charge in [0.25, 0.3) is 5.56 Å². The third-order valence-corrected chi connectivity index (χ3v) is 3.19. The van der Waals surface area contributed by atoms with Gasteiger partial charge in [0, 0.05) is 0 Å². The number of aromatic hydroxyl groups is 1. The molecule has 0 unspecified atom stereocenters. The maximum atomic E-state index is 12.6. The zero-order chi connectivity index (χ0) is 15.1. The molecule has 0 aliphatic heterocycles. The Hall–Kier alpha value is -1.73. The molecule has 0 amide bonds. The van der Waals surface area contributed by atoms with Crippen LogP contribution in [-0.2, 0) is 6.18 Å². The average molecular weight is 325 g/mol. The van der Waals surface area contributed by atoms with Gasteiger partial charge in [-0.3, -0.25) is 4.79 Å². The fourth-order valence-electron chi connectivity index (χ4n) is 1.46. The fourth-order valence-corrected chi connectivity index (χ4v) is 1.74. The number of halogens is 5. The summed E-state index contributed by atoms with van der Waals surface area (Å²) in [5.41, 5.74) is -2.10. The van der Waals surface area contributed by atoms with Crippen LogP contribution < -0.4 is 5.56 Å². The highest BCUT2D eigenvalue weighted by atomic mass is 35.5. The summed E-state index contributed by atoms with van der Waals surface area (Å²) in [6, 6.07) is 3.86. The average Bonchev–Trinajstić information content (AvgIpc) is 2.40. The SMILES string of the molecule is O=c1c(Cl)c(Cl)c(O)nn1-c1cccc(C(F)(F)F)c1. The van der Waals surface area contributed by atoms with Crippen LogP contribution in [0, 0.1) is 0 Å². The van der Waals surface area contributed by atoms with Gasteiger partial charge in [0.05, 0.1) is 11.3 Å². The molecular formula is C11H5Cl2F3N2O2. The second-order valence-electron chi connectivity index (χ2n) is 3.72. The van der Waals surface area contributed by atoms with Gasteiger partial charge in [-0.25, -0.2) is 0 Å². The van der Waals surface area contributed by atoms with E-state index in [0.29, 0.717) is 10.7 Å². The van der Waals surface area contributed by atoms with E-state index >= 15 is 0 Å². The summed E-state index contributed by atoms with van der Waals surface area (Å²) in [5, 5.41) is 11.8. The van der Waals surface area contributed by atoms with Gasteiger partial charge in [0.2, 0.25) is 5.88 Å². The van der Waals surface area contributed by atoms with Crippen LogP contribution in [0.25, 0.3) is 5.69 Å². The van der Waals surface area contributed by atoms with E-state index in [9.17, 15) is 23.1 Å². The topological polar surface area (TPSA) is 55.1 Å².